The van der Waals surface area contributed by atoms with Crippen LogP contribution in [-0.4, -0.2) is 51.9 Å². The van der Waals surface area contributed by atoms with Crippen molar-refractivity contribution in [2.45, 2.75) is 25.3 Å². The Kier molecular flexibility index (Phi) is 6.56. The van der Waals surface area contributed by atoms with Gasteiger partial charge in [-0.05, 0) is 24.6 Å². The molecule has 0 radical (unpaired) electrons. The number of rotatable bonds is 6. The normalized spacial score (nSPS) is 15.8. The summed E-state index contributed by atoms with van der Waals surface area (Å²) in [5, 5.41) is 2.64. The third-order valence-corrected chi connectivity index (χ3v) is 7.15. The third kappa shape index (κ3) is 4.95. The maximum Gasteiger partial charge on any atom is 0.243 e. The molecule has 29 heavy (non-hydrogen) atoms. The second-order valence-corrected chi connectivity index (χ2v) is 9.24. The fourth-order valence-electron chi connectivity index (χ4n) is 3.57. The molecule has 1 amide bonds. The number of nitrogens with one attached hydrogen (secondary N) is 2. The summed E-state index contributed by atoms with van der Waals surface area (Å²) in [6.45, 7) is 6.86. The van der Waals surface area contributed by atoms with Crippen molar-refractivity contribution in [3.05, 3.63) is 53.6 Å². The van der Waals surface area contributed by atoms with Crippen molar-refractivity contribution in [1.82, 2.24) is 4.31 Å². The maximum absolute atomic E-state index is 13.1. The first-order valence-corrected chi connectivity index (χ1v) is 11.1. The molecule has 0 bridgehead atoms. The van der Waals surface area contributed by atoms with E-state index in [0.717, 1.165) is 19.6 Å². The molecule has 7 nitrogen and oxygen atoms in total. The van der Waals surface area contributed by atoms with Crippen LogP contribution >= 0.6 is 0 Å². The largest absolute Gasteiger partial charge is 0.495 e. The summed E-state index contributed by atoms with van der Waals surface area (Å²) in [4.78, 5) is 12.8. The van der Waals surface area contributed by atoms with Crippen molar-refractivity contribution < 1.29 is 22.8 Å². The summed E-state index contributed by atoms with van der Waals surface area (Å²) in [5.41, 5.74) is 3.02. The molecule has 1 fully saturated rings. The van der Waals surface area contributed by atoms with Crippen molar-refractivity contribution >= 4 is 21.6 Å². The van der Waals surface area contributed by atoms with Crippen molar-refractivity contribution in [1.29, 1.82) is 0 Å². The number of ether oxygens (including phenoxy) is 1. The highest BCUT2D eigenvalue weighted by Gasteiger charge is 2.31. The van der Waals surface area contributed by atoms with E-state index >= 15 is 0 Å². The molecule has 0 aromatic heterocycles. The van der Waals surface area contributed by atoms with Crippen LogP contribution in [0.15, 0.2) is 47.4 Å². The molecule has 2 N–H and O–H groups in total. The van der Waals surface area contributed by atoms with E-state index in [4.69, 9.17) is 4.74 Å². The van der Waals surface area contributed by atoms with Gasteiger partial charge in [-0.2, -0.15) is 4.31 Å². The van der Waals surface area contributed by atoms with Gasteiger partial charge in [0.15, 0.2) is 0 Å². The number of nitrogens with zero attached hydrogens (tertiary/aromatic N) is 1. The second-order valence-electron chi connectivity index (χ2n) is 7.30. The number of amides is 1. The predicted octanol–water partition coefficient (Wildman–Crippen LogP) is 1.05. The lowest BCUT2D eigenvalue weighted by atomic mass is 10.1. The fourth-order valence-corrected chi connectivity index (χ4v) is 5.03. The number of anilines is 1. The number of piperazine rings is 1. The van der Waals surface area contributed by atoms with Crippen molar-refractivity contribution in [3.63, 3.8) is 0 Å². The number of sulfonamides is 1. The van der Waals surface area contributed by atoms with E-state index in [1.54, 1.807) is 6.07 Å². The van der Waals surface area contributed by atoms with E-state index in [2.05, 4.69) is 24.4 Å². The van der Waals surface area contributed by atoms with E-state index in [-0.39, 0.29) is 10.8 Å². The van der Waals surface area contributed by atoms with Gasteiger partial charge in [0.2, 0.25) is 15.9 Å². The molecule has 0 atom stereocenters. The average molecular weight is 419 g/mol. The maximum atomic E-state index is 13.1. The Morgan fingerprint density at radius 3 is 2.48 bits per heavy atom. The number of carbonyl (C=O) groups excluding carboxylic acids is 1. The molecule has 0 spiro atoms. The summed E-state index contributed by atoms with van der Waals surface area (Å²) in [7, 11) is -2.17. The number of methoxy groups -OCH3 is 1. The Hall–Kier alpha value is -2.42. The van der Waals surface area contributed by atoms with Gasteiger partial charge in [-0.15, -0.1) is 0 Å². The summed E-state index contributed by atoms with van der Waals surface area (Å²) in [5.74, 6) is 0.0803. The number of carbonyl (C=O) groups is 1. The number of hydrogen-bond donors (Lipinski definition) is 2. The number of quaternary nitrogens is 1. The van der Waals surface area contributed by atoms with Gasteiger partial charge >= 0.3 is 0 Å². The Morgan fingerprint density at radius 2 is 1.86 bits per heavy atom. The molecule has 2 aromatic carbocycles. The van der Waals surface area contributed by atoms with Crippen LogP contribution in [0.3, 0.4) is 0 Å². The van der Waals surface area contributed by atoms with E-state index in [9.17, 15) is 13.2 Å². The van der Waals surface area contributed by atoms with Crippen molar-refractivity contribution in [2.24, 2.45) is 0 Å². The number of benzene rings is 2. The second kappa shape index (κ2) is 8.94. The molecule has 1 saturated heterocycles. The van der Waals surface area contributed by atoms with Gasteiger partial charge in [0.05, 0.1) is 43.9 Å². The monoisotopic (exact) mass is 418 g/mol. The minimum absolute atomic E-state index is 0.172. The third-order valence-electron chi connectivity index (χ3n) is 5.25. The fraction of sp³-hybridized carbons (Fsp3) is 0.381. The highest BCUT2D eigenvalue weighted by atomic mass is 32.2. The lowest BCUT2D eigenvalue weighted by Crippen LogP contribution is -3.13. The number of aryl methyl sites for hydroxylation is 1. The Labute approximate surface area is 172 Å². The Morgan fingerprint density at radius 1 is 1.17 bits per heavy atom. The first kappa shape index (κ1) is 21.3. The zero-order chi connectivity index (χ0) is 21.0. The molecule has 2 aromatic rings. The summed E-state index contributed by atoms with van der Waals surface area (Å²) in [6.07, 6.45) is 0. The molecule has 1 aliphatic heterocycles. The Balaban J connectivity index is 1.69. The predicted molar refractivity (Wildman–Crippen MR) is 112 cm³/mol. The summed E-state index contributed by atoms with van der Waals surface area (Å²) < 4.78 is 33.0. The first-order valence-electron chi connectivity index (χ1n) is 9.65. The van der Waals surface area contributed by atoms with E-state index < -0.39 is 10.0 Å². The minimum Gasteiger partial charge on any atom is -0.495 e. The molecule has 3 rings (SSSR count). The van der Waals surface area contributed by atoms with Gasteiger partial charge < -0.3 is 15.0 Å². The SMILES string of the molecule is COc1cc(S(=O)(=O)N2CC[NH+](Cc3ccccc3C)CC2)ccc1NC(C)=O. The van der Waals surface area contributed by atoms with E-state index in [0.29, 0.717) is 24.5 Å². The van der Waals surface area contributed by atoms with Crippen LogP contribution in [0.4, 0.5) is 5.69 Å². The number of hydrogen-bond acceptors (Lipinski definition) is 4. The lowest BCUT2D eigenvalue weighted by molar-refractivity contribution is -0.917. The van der Waals surface area contributed by atoms with Crippen LogP contribution in [0.2, 0.25) is 0 Å². The van der Waals surface area contributed by atoms with Crippen molar-refractivity contribution in [2.75, 3.05) is 38.6 Å². The molecular formula is C21H28N3O4S+. The van der Waals surface area contributed by atoms with Gasteiger partial charge in [-0.1, -0.05) is 24.3 Å². The van der Waals surface area contributed by atoms with Crippen LogP contribution in [0, 0.1) is 6.92 Å². The Bertz CT molecular complexity index is 983. The highest BCUT2D eigenvalue weighted by Crippen LogP contribution is 2.29. The molecular weight excluding hydrogens is 390 g/mol. The van der Waals surface area contributed by atoms with Crippen LogP contribution in [0.1, 0.15) is 18.1 Å². The molecule has 0 aliphatic carbocycles. The van der Waals surface area contributed by atoms with Gasteiger partial charge in [0.25, 0.3) is 0 Å². The van der Waals surface area contributed by atoms with Gasteiger partial charge in [-0.25, -0.2) is 8.42 Å². The standard InChI is InChI=1S/C21H27N3O4S/c1-16-6-4-5-7-18(16)15-23-10-12-24(13-11-23)29(26,27)19-8-9-20(22-17(2)25)21(14-19)28-3/h4-9,14H,10-13,15H2,1-3H3,(H,22,25)/p+1. The summed E-state index contributed by atoms with van der Waals surface area (Å²) in [6, 6.07) is 12.8. The van der Waals surface area contributed by atoms with Crippen LogP contribution in [0.25, 0.3) is 0 Å². The van der Waals surface area contributed by atoms with Gasteiger partial charge in [0, 0.05) is 18.6 Å². The highest BCUT2D eigenvalue weighted by molar-refractivity contribution is 7.89. The van der Waals surface area contributed by atoms with Crippen LogP contribution in [0.5, 0.6) is 5.75 Å². The van der Waals surface area contributed by atoms with Crippen molar-refractivity contribution in [3.8, 4) is 5.75 Å². The average Bonchev–Trinajstić information content (AvgIpc) is 2.70. The molecule has 0 unspecified atom stereocenters. The zero-order valence-corrected chi connectivity index (χ0v) is 17.9. The minimum atomic E-state index is -3.62. The molecule has 1 aliphatic rings. The van der Waals surface area contributed by atoms with E-state index in [1.807, 2.05) is 12.1 Å². The summed E-state index contributed by atoms with van der Waals surface area (Å²) >= 11 is 0. The van der Waals surface area contributed by atoms with E-state index in [1.165, 1.54) is 46.5 Å². The van der Waals surface area contributed by atoms with Crippen LogP contribution < -0.4 is 15.0 Å². The smallest absolute Gasteiger partial charge is 0.243 e. The lowest BCUT2D eigenvalue weighted by Gasteiger charge is -2.32. The topological polar surface area (TPSA) is 80.2 Å². The zero-order valence-electron chi connectivity index (χ0n) is 17.1. The molecule has 1 heterocycles. The first-order chi connectivity index (χ1) is 13.8. The quantitative estimate of drug-likeness (QED) is 0.735. The molecule has 156 valence electrons. The van der Waals surface area contributed by atoms with Crippen LogP contribution in [-0.2, 0) is 21.4 Å². The van der Waals surface area contributed by atoms with Gasteiger partial charge in [-0.3, -0.25) is 4.79 Å². The molecule has 8 heteroatoms. The van der Waals surface area contributed by atoms with Gasteiger partial charge in [0.1, 0.15) is 12.3 Å². The molecule has 0 saturated carbocycles.